The van der Waals surface area contributed by atoms with Crippen molar-refractivity contribution in [3.8, 4) is 0 Å². The van der Waals surface area contributed by atoms with Crippen LogP contribution in [0.2, 0.25) is 0 Å². The standard InChI is InChI=1S/C57H107NO5/c1-3-5-7-9-11-13-15-17-18-23-27-31-35-39-43-47-51-57(62)63-52-48-44-40-36-32-28-24-21-19-20-22-26-30-34-38-42-46-50-56(61)58-54(53-59)55(60)49-45-41-37-33-29-25-16-14-12-10-8-6-4-2/h13,15,18-19,21,23,54-55,59-60H,3-12,14,16-17,20,22,24-53H2,1-2H3,(H,58,61)/b15-13-,21-19-,23-18-. The normalized spacial score (nSPS) is 12.9. The highest BCUT2D eigenvalue weighted by molar-refractivity contribution is 5.76. The van der Waals surface area contributed by atoms with Gasteiger partial charge in [0.2, 0.25) is 5.91 Å². The highest BCUT2D eigenvalue weighted by atomic mass is 16.5. The second kappa shape index (κ2) is 52.7. The van der Waals surface area contributed by atoms with E-state index < -0.39 is 12.1 Å². The fourth-order valence-electron chi connectivity index (χ4n) is 8.37. The van der Waals surface area contributed by atoms with E-state index >= 15 is 0 Å². The maximum Gasteiger partial charge on any atom is 0.305 e. The number of hydrogen-bond acceptors (Lipinski definition) is 5. The van der Waals surface area contributed by atoms with E-state index in [0.717, 1.165) is 64.2 Å². The number of rotatable bonds is 51. The van der Waals surface area contributed by atoms with Crippen molar-refractivity contribution >= 4 is 11.9 Å². The van der Waals surface area contributed by atoms with Crippen molar-refractivity contribution in [1.29, 1.82) is 0 Å². The number of carbonyl (C=O) groups excluding carboxylic acids is 2. The van der Waals surface area contributed by atoms with Gasteiger partial charge in [-0.15, -0.1) is 0 Å². The Hall–Kier alpha value is -1.92. The van der Waals surface area contributed by atoms with Crippen LogP contribution in [0.25, 0.3) is 0 Å². The summed E-state index contributed by atoms with van der Waals surface area (Å²) in [7, 11) is 0. The Morgan fingerprint density at radius 1 is 0.444 bits per heavy atom. The van der Waals surface area contributed by atoms with Crippen LogP contribution in [-0.4, -0.2) is 47.4 Å². The number of amides is 1. The number of esters is 1. The van der Waals surface area contributed by atoms with Crippen molar-refractivity contribution in [2.24, 2.45) is 0 Å². The summed E-state index contributed by atoms with van der Waals surface area (Å²) in [6.07, 6.45) is 64.1. The summed E-state index contributed by atoms with van der Waals surface area (Å²) in [4.78, 5) is 24.5. The van der Waals surface area contributed by atoms with Gasteiger partial charge in [-0.25, -0.2) is 0 Å². The van der Waals surface area contributed by atoms with Crippen LogP contribution in [0.15, 0.2) is 36.5 Å². The Labute approximate surface area is 392 Å². The van der Waals surface area contributed by atoms with Crippen LogP contribution in [0.3, 0.4) is 0 Å². The molecule has 0 aromatic rings. The van der Waals surface area contributed by atoms with Gasteiger partial charge in [0.25, 0.3) is 0 Å². The third kappa shape index (κ3) is 49.4. The van der Waals surface area contributed by atoms with Gasteiger partial charge in [-0.2, -0.15) is 0 Å². The molecule has 0 radical (unpaired) electrons. The molecule has 0 spiro atoms. The Balaban J connectivity index is 3.46. The minimum atomic E-state index is -0.672. The van der Waals surface area contributed by atoms with E-state index in [9.17, 15) is 19.8 Å². The molecule has 6 heteroatoms. The van der Waals surface area contributed by atoms with Crippen molar-refractivity contribution in [1.82, 2.24) is 5.32 Å². The first-order valence-corrected chi connectivity index (χ1v) is 27.7. The zero-order chi connectivity index (χ0) is 45.8. The first-order valence-electron chi connectivity index (χ1n) is 27.7. The van der Waals surface area contributed by atoms with Crippen LogP contribution in [0.5, 0.6) is 0 Å². The monoisotopic (exact) mass is 886 g/mol. The smallest absolute Gasteiger partial charge is 0.305 e. The molecule has 0 aromatic carbocycles. The highest BCUT2D eigenvalue weighted by Crippen LogP contribution is 2.16. The van der Waals surface area contributed by atoms with E-state index in [4.69, 9.17) is 4.74 Å². The summed E-state index contributed by atoms with van der Waals surface area (Å²) in [5.74, 6) is -0.0635. The van der Waals surface area contributed by atoms with Gasteiger partial charge < -0.3 is 20.3 Å². The maximum atomic E-state index is 12.4. The van der Waals surface area contributed by atoms with Gasteiger partial charge in [-0.1, -0.05) is 230 Å². The molecule has 0 saturated heterocycles. The molecule has 0 bridgehead atoms. The molecule has 0 aromatic heterocycles. The fraction of sp³-hybridized carbons (Fsp3) is 0.860. The molecule has 0 fully saturated rings. The Kier molecular flexibility index (Phi) is 51.1. The van der Waals surface area contributed by atoms with Gasteiger partial charge in [0, 0.05) is 12.8 Å². The van der Waals surface area contributed by atoms with Crippen molar-refractivity contribution in [2.75, 3.05) is 13.2 Å². The fourth-order valence-corrected chi connectivity index (χ4v) is 8.37. The quantitative estimate of drug-likeness (QED) is 0.0321. The summed E-state index contributed by atoms with van der Waals surface area (Å²) < 4.78 is 5.46. The number of unbranched alkanes of at least 4 members (excludes halogenated alkanes) is 34. The molecule has 0 aliphatic heterocycles. The SMILES string of the molecule is CCCCCC/C=C\C/C=C\CCCCCCCC(=O)OCCCCCCCC/C=C\CCCCCCCCCC(=O)NC(CO)C(O)CCCCCCCCCCCCCCC. The molecule has 1 amide bonds. The highest BCUT2D eigenvalue weighted by Gasteiger charge is 2.20. The largest absolute Gasteiger partial charge is 0.466 e. The lowest BCUT2D eigenvalue weighted by Gasteiger charge is -2.22. The summed E-state index contributed by atoms with van der Waals surface area (Å²) in [6, 6.07) is -0.550. The zero-order valence-electron chi connectivity index (χ0n) is 42.1. The summed E-state index contributed by atoms with van der Waals surface area (Å²) in [5, 5.41) is 23.2. The minimum Gasteiger partial charge on any atom is -0.466 e. The Bertz CT molecular complexity index is 1020. The molecule has 6 nitrogen and oxygen atoms in total. The first kappa shape index (κ1) is 61.1. The van der Waals surface area contributed by atoms with Gasteiger partial charge in [0.1, 0.15) is 0 Å². The van der Waals surface area contributed by atoms with Crippen molar-refractivity contribution in [2.45, 2.75) is 302 Å². The summed E-state index contributed by atoms with van der Waals surface area (Å²) in [5.41, 5.74) is 0. The number of hydrogen-bond donors (Lipinski definition) is 3. The summed E-state index contributed by atoms with van der Waals surface area (Å²) in [6.45, 7) is 4.90. The number of carbonyl (C=O) groups is 2. The Morgan fingerprint density at radius 2 is 0.794 bits per heavy atom. The molecule has 0 aliphatic carbocycles. The molecule has 2 unspecified atom stereocenters. The van der Waals surface area contributed by atoms with Gasteiger partial charge in [-0.05, 0) is 83.5 Å². The van der Waals surface area contributed by atoms with Gasteiger partial charge in [-0.3, -0.25) is 9.59 Å². The van der Waals surface area contributed by atoms with E-state index in [1.54, 1.807) is 0 Å². The lowest BCUT2D eigenvalue weighted by atomic mass is 10.0. The molecule has 0 heterocycles. The van der Waals surface area contributed by atoms with E-state index in [2.05, 4.69) is 55.6 Å². The predicted molar refractivity (Wildman–Crippen MR) is 273 cm³/mol. The number of allylic oxidation sites excluding steroid dienone is 6. The topological polar surface area (TPSA) is 95.9 Å². The third-order valence-electron chi connectivity index (χ3n) is 12.7. The Morgan fingerprint density at radius 3 is 1.24 bits per heavy atom. The lowest BCUT2D eigenvalue weighted by molar-refractivity contribution is -0.143. The molecular formula is C57H107NO5. The van der Waals surface area contributed by atoms with E-state index in [1.165, 1.54) is 193 Å². The minimum absolute atomic E-state index is 0.0156. The number of aliphatic hydroxyl groups is 2. The van der Waals surface area contributed by atoms with Crippen LogP contribution in [0.1, 0.15) is 290 Å². The molecule has 0 saturated carbocycles. The predicted octanol–water partition coefficient (Wildman–Crippen LogP) is 16.9. The average molecular weight is 886 g/mol. The van der Waals surface area contributed by atoms with E-state index in [-0.39, 0.29) is 18.5 Å². The number of aliphatic hydroxyl groups excluding tert-OH is 2. The molecule has 63 heavy (non-hydrogen) atoms. The number of nitrogens with one attached hydrogen (secondary N) is 1. The van der Waals surface area contributed by atoms with Crippen LogP contribution < -0.4 is 5.32 Å². The zero-order valence-corrected chi connectivity index (χ0v) is 42.1. The van der Waals surface area contributed by atoms with Crippen molar-refractivity contribution in [3.05, 3.63) is 36.5 Å². The van der Waals surface area contributed by atoms with Crippen LogP contribution >= 0.6 is 0 Å². The van der Waals surface area contributed by atoms with Crippen LogP contribution in [-0.2, 0) is 14.3 Å². The molecule has 3 N–H and O–H groups in total. The first-order chi connectivity index (χ1) is 31.0. The maximum absolute atomic E-state index is 12.4. The van der Waals surface area contributed by atoms with Crippen LogP contribution in [0, 0.1) is 0 Å². The van der Waals surface area contributed by atoms with Gasteiger partial charge >= 0.3 is 5.97 Å². The molecule has 370 valence electrons. The second-order valence-corrected chi connectivity index (χ2v) is 18.9. The van der Waals surface area contributed by atoms with E-state index in [1.807, 2.05) is 0 Å². The number of ether oxygens (including phenoxy) is 1. The average Bonchev–Trinajstić information content (AvgIpc) is 3.28. The third-order valence-corrected chi connectivity index (χ3v) is 12.7. The summed E-state index contributed by atoms with van der Waals surface area (Å²) >= 11 is 0. The molecule has 0 rings (SSSR count). The second-order valence-electron chi connectivity index (χ2n) is 18.9. The molecule has 2 atom stereocenters. The lowest BCUT2D eigenvalue weighted by Crippen LogP contribution is -2.45. The molecular weight excluding hydrogens is 779 g/mol. The van der Waals surface area contributed by atoms with Crippen molar-refractivity contribution < 1.29 is 24.5 Å². The van der Waals surface area contributed by atoms with Crippen molar-refractivity contribution in [3.63, 3.8) is 0 Å². The molecule has 0 aliphatic rings. The van der Waals surface area contributed by atoms with Gasteiger partial charge in [0.15, 0.2) is 0 Å². The van der Waals surface area contributed by atoms with Gasteiger partial charge in [0.05, 0.1) is 25.4 Å². The van der Waals surface area contributed by atoms with E-state index in [0.29, 0.717) is 25.9 Å². The van der Waals surface area contributed by atoms with Crippen LogP contribution in [0.4, 0.5) is 0 Å².